The summed E-state index contributed by atoms with van der Waals surface area (Å²) in [5.41, 5.74) is 1.85. The van der Waals surface area contributed by atoms with Crippen molar-refractivity contribution in [3.63, 3.8) is 0 Å². The number of nitrogens with zero attached hydrogens (tertiary/aromatic N) is 4. The lowest BCUT2D eigenvalue weighted by Crippen LogP contribution is -2.25. The van der Waals surface area contributed by atoms with E-state index in [0.29, 0.717) is 26.2 Å². The molecule has 0 aromatic carbocycles. The average molecular weight is 421 g/mol. The van der Waals surface area contributed by atoms with Crippen LogP contribution in [0.15, 0.2) is 35.7 Å². The molecule has 0 radical (unpaired) electrons. The molecular weight excluding hydrogens is 388 g/mol. The summed E-state index contributed by atoms with van der Waals surface area (Å²) in [5, 5.41) is 0.182. The lowest BCUT2D eigenvalue weighted by molar-refractivity contribution is 0.181. The van der Waals surface area contributed by atoms with E-state index in [-0.39, 0.29) is 16.8 Å². The zero-order valence-corrected chi connectivity index (χ0v) is 18.3. The van der Waals surface area contributed by atoms with Crippen molar-refractivity contribution in [1.82, 2.24) is 19.4 Å². The Balaban J connectivity index is 1.76. The maximum absolute atomic E-state index is 13.1. The molecule has 0 unspecified atom stereocenters. The van der Waals surface area contributed by atoms with Gasteiger partial charge in [0.25, 0.3) is 0 Å². The zero-order chi connectivity index (χ0) is 20.7. The second-order valence-corrected chi connectivity index (χ2v) is 9.88. The summed E-state index contributed by atoms with van der Waals surface area (Å²) in [4.78, 5) is 10.8. The van der Waals surface area contributed by atoms with Crippen molar-refractivity contribution in [3.8, 4) is 0 Å². The first kappa shape index (κ1) is 21.9. The molecule has 2 heterocycles. The Hall–Kier alpha value is -1.77. The van der Waals surface area contributed by atoms with Gasteiger partial charge in [-0.15, -0.1) is 0 Å². The Labute approximate surface area is 174 Å². The second-order valence-electron chi connectivity index (χ2n) is 7.96. The molecule has 0 atom stereocenters. The van der Waals surface area contributed by atoms with Crippen LogP contribution in [-0.4, -0.2) is 54.4 Å². The molecule has 1 aliphatic rings. The van der Waals surface area contributed by atoms with Gasteiger partial charge in [-0.05, 0) is 37.9 Å². The monoisotopic (exact) mass is 420 g/mol. The van der Waals surface area contributed by atoms with E-state index in [1.807, 2.05) is 29.8 Å². The summed E-state index contributed by atoms with van der Waals surface area (Å²) in [6.07, 6.45) is 8.94. The number of pyridine rings is 1. The summed E-state index contributed by atoms with van der Waals surface area (Å²) in [6, 6.07) is 5.85. The highest BCUT2D eigenvalue weighted by molar-refractivity contribution is 7.91. The fourth-order valence-corrected chi connectivity index (χ4v) is 5.89. The number of hydrogen-bond donors (Lipinski definition) is 0. The van der Waals surface area contributed by atoms with Gasteiger partial charge in [-0.25, -0.2) is 13.4 Å². The van der Waals surface area contributed by atoms with Gasteiger partial charge in [0, 0.05) is 32.9 Å². The molecule has 0 N–H and O–H groups in total. The van der Waals surface area contributed by atoms with Gasteiger partial charge >= 0.3 is 0 Å². The number of sulfone groups is 1. The zero-order valence-electron chi connectivity index (χ0n) is 17.5. The molecule has 0 spiro atoms. The van der Waals surface area contributed by atoms with Gasteiger partial charge in [0.15, 0.2) is 0 Å². The molecule has 7 nitrogen and oxygen atoms in total. The lowest BCUT2D eigenvalue weighted by atomic mass is 9.91. The smallest absolute Gasteiger partial charge is 0.227 e. The Morgan fingerprint density at radius 1 is 1.17 bits per heavy atom. The maximum atomic E-state index is 13.1. The van der Waals surface area contributed by atoms with E-state index in [0.717, 1.165) is 37.1 Å². The maximum Gasteiger partial charge on any atom is 0.227 e. The van der Waals surface area contributed by atoms with Crippen LogP contribution in [0, 0.1) is 5.92 Å². The molecule has 0 saturated heterocycles. The predicted octanol–water partition coefficient (Wildman–Crippen LogP) is 2.91. The van der Waals surface area contributed by atoms with E-state index < -0.39 is 9.84 Å². The van der Waals surface area contributed by atoms with Crippen molar-refractivity contribution in [1.29, 1.82) is 0 Å². The van der Waals surface area contributed by atoms with Gasteiger partial charge in [0.05, 0.1) is 29.9 Å². The van der Waals surface area contributed by atoms with Crippen molar-refractivity contribution in [2.45, 2.75) is 56.9 Å². The molecule has 2 aromatic rings. The van der Waals surface area contributed by atoms with Gasteiger partial charge < -0.3 is 9.30 Å². The van der Waals surface area contributed by atoms with Crippen molar-refractivity contribution in [3.05, 3.63) is 42.0 Å². The minimum atomic E-state index is -3.43. The third-order valence-electron chi connectivity index (χ3n) is 5.47. The Bertz CT molecular complexity index is 861. The number of aromatic nitrogens is 3. The number of imidazole rings is 1. The summed E-state index contributed by atoms with van der Waals surface area (Å²) in [6.45, 7) is 2.19. The minimum absolute atomic E-state index is 0.182. The largest absolute Gasteiger partial charge is 0.383 e. The fourth-order valence-electron chi connectivity index (χ4n) is 4.03. The van der Waals surface area contributed by atoms with E-state index in [1.54, 1.807) is 19.5 Å². The normalized spacial score (nSPS) is 15.8. The molecule has 0 aliphatic heterocycles. The molecule has 0 bridgehead atoms. The average Bonchev–Trinajstić information content (AvgIpc) is 3.10. The van der Waals surface area contributed by atoms with E-state index in [2.05, 4.69) is 14.9 Å². The van der Waals surface area contributed by atoms with Crippen LogP contribution < -0.4 is 0 Å². The van der Waals surface area contributed by atoms with Crippen LogP contribution >= 0.6 is 0 Å². The lowest BCUT2D eigenvalue weighted by Gasteiger charge is -2.22. The topological polar surface area (TPSA) is 77.3 Å². The van der Waals surface area contributed by atoms with Gasteiger partial charge in [0.2, 0.25) is 15.0 Å². The molecule has 3 rings (SSSR count). The minimum Gasteiger partial charge on any atom is -0.383 e. The van der Waals surface area contributed by atoms with Crippen LogP contribution in [0.1, 0.15) is 43.5 Å². The predicted molar refractivity (Wildman–Crippen MR) is 112 cm³/mol. The van der Waals surface area contributed by atoms with Gasteiger partial charge in [-0.3, -0.25) is 9.88 Å². The third-order valence-corrected chi connectivity index (χ3v) is 7.26. The highest BCUT2D eigenvalue weighted by atomic mass is 32.2. The van der Waals surface area contributed by atoms with E-state index >= 15 is 0 Å². The van der Waals surface area contributed by atoms with Gasteiger partial charge in [-0.2, -0.15) is 0 Å². The quantitative estimate of drug-likeness (QED) is 0.588. The van der Waals surface area contributed by atoms with E-state index in [9.17, 15) is 8.42 Å². The summed E-state index contributed by atoms with van der Waals surface area (Å²) in [7, 11) is 0.194. The molecule has 2 aromatic heterocycles. The third kappa shape index (κ3) is 6.10. The van der Waals surface area contributed by atoms with Crippen LogP contribution in [0.2, 0.25) is 0 Å². The highest BCUT2D eigenvalue weighted by Gasteiger charge is 2.28. The Morgan fingerprint density at radius 2 is 1.97 bits per heavy atom. The Morgan fingerprint density at radius 3 is 2.66 bits per heavy atom. The summed E-state index contributed by atoms with van der Waals surface area (Å²) < 4.78 is 33.3. The molecule has 29 heavy (non-hydrogen) atoms. The van der Waals surface area contributed by atoms with E-state index in [4.69, 9.17) is 4.74 Å². The van der Waals surface area contributed by atoms with Gasteiger partial charge in [0.1, 0.15) is 0 Å². The van der Waals surface area contributed by atoms with Crippen LogP contribution in [0.5, 0.6) is 0 Å². The van der Waals surface area contributed by atoms with Crippen LogP contribution in [0.25, 0.3) is 0 Å². The highest BCUT2D eigenvalue weighted by Crippen LogP contribution is 2.27. The fraction of sp³-hybridized carbons (Fsp3) is 0.619. The number of methoxy groups -OCH3 is 1. The Kier molecular flexibility index (Phi) is 7.80. The van der Waals surface area contributed by atoms with Crippen molar-refractivity contribution < 1.29 is 13.2 Å². The molecule has 160 valence electrons. The molecular formula is C21H32N4O3S. The van der Waals surface area contributed by atoms with Crippen LogP contribution in [-0.2, 0) is 34.2 Å². The first-order chi connectivity index (χ1) is 14.0. The van der Waals surface area contributed by atoms with E-state index in [1.165, 1.54) is 6.42 Å². The first-order valence-corrected chi connectivity index (χ1v) is 12.0. The standard InChI is InChI=1S/C21H32N4O3S/c1-24(15-19-10-6-7-11-22-19)16-20-14-23-21(25(20)12-13-28-2)29(26,27)17-18-8-4-3-5-9-18/h6-7,10-11,14,18H,3-5,8-9,12-13,15-17H2,1-2H3. The molecule has 1 fully saturated rings. The number of hydrogen-bond acceptors (Lipinski definition) is 6. The number of ether oxygens (including phenoxy) is 1. The summed E-state index contributed by atoms with van der Waals surface area (Å²) in [5.74, 6) is 0.442. The van der Waals surface area contributed by atoms with Crippen molar-refractivity contribution >= 4 is 9.84 Å². The number of rotatable bonds is 10. The second kappa shape index (κ2) is 10.3. The first-order valence-electron chi connectivity index (χ1n) is 10.3. The molecule has 1 aliphatic carbocycles. The van der Waals surface area contributed by atoms with Crippen molar-refractivity contribution in [2.24, 2.45) is 5.92 Å². The van der Waals surface area contributed by atoms with Crippen LogP contribution in [0.4, 0.5) is 0 Å². The molecule has 0 amide bonds. The molecule has 1 saturated carbocycles. The molecule has 8 heteroatoms. The van der Waals surface area contributed by atoms with Crippen LogP contribution in [0.3, 0.4) is 0 Å². The van der Waals surface area contributed by atoms with Crippen molar-refractivity contribution in [2.75, 3.05) is 26.5 Å². The summed E-state index contributed by atoms with van der Waals surface area (Å²) >= 11 is 0. The SMILES string of the molecule is COCCn1c(CN(C)Cc2ccccn2)cnc1S(=O)(=O)CC1CCCCC1. The van der Waals surface area contributed by atoms with Gasteiger partial charge in [-0.1, -0.05) is 25.3 Å².